The van der Waals surface area contributed by atoms with Crippen LogP contribution in [0.4, 0.5) is 0 Å². The molecule has 1 atom stereocenters. The van der Waals surface area contributed by atoms with Gasteiger partial charge in [-0.3, -0.25) is 0 Å². The largest absolute Gasteiger partial charge is 0.496 e. The molecule has 2 rings (SSSR count). The molecule has 0 radical (unpaired) electrons. The highest BCUT2D eigenvalue weighted by Gasteiger charge is 2.07. The minimum atomic E-state index is -0.0959. The predicted molar refractivity (Wildman–Crippen MR) is 64.7 cm³/mol. The van der Waals surface area contributed by atoms with Crippen molar-refractivity contribution >= 4 is 0 Å². The molecule has 1 heterocycles. The average molecular weight is 232 g/mol. The van der Waals surface area contributed by atoms with Gasteiger partial charge < -0.3 is 10.5 Å². The summed E-state index contributed by atoms with van der Waals surface area (Å²) in [5.41, 5.74) is 7.59. The van der Waals surface area contributed by atoms with Crippen LogP contribution in [0.1, 0.15) is 24.2 Å². The van der Waals surface area contributed by atoms with Crippen LogP contribution in [-0.2, 0) is 6.54 Å². The number of hydrogen-bond acceptors (Lipinski definition) is 4. The number of hydrogen-bond donors (Lipinski definition) is 1. The fourth-order valence-corrected chi connectivity index (χ4v) is 1.61. The summed E-state index contributed by atoms with van der Waals surface area (Å²) in [7, 11) is 1.66. The van der Waals surface area contributed by atoms with E-state index in [0.29, 0.717) is 6.54 Å². The first kappa shape index (κ1) is 11.6. The topological polar surface area (TPSA) is 66.0 Å². The van der Waals surface area contributed by atoms with Gasteiger partial charge in [-0.1, -0.05) is 23.4 Å². The molecule has 1 unspecified atom stereocenters. The molecule has 5 nitrogen and oxygen atoms in total. The highest BCUT2D eigenvalue weighted by molar-refractivity contribution is 5.33. The van der Waals surface area contributed by atoms with E-state index >= 15 is 0 Å². The van der Waals surface area contributed by atoms with E-state index in [4.69, 9.17) is 10.5 Å². The van der Waals surface area contributed by atoms with Crippen molar-refractivity contribution < 1.29 is 4.74 Å². The third-order valence-corrected chi connectivity index (χ3v) is 2.55. The van der Waals surface area contributed by atoms with Crippen LogP contribution in [0.25, 0.3) is 0 Å². The van der Waals surface area contributed by atoms with Gasteiger partial charge in [0.25, 0.3) is 0 Å². The molecule has 0 saturated heterocycles. The highest BCUT2D eigenvalue weighted by atomic mass is 16.5. The first-order valence-corrected chi connectivity index (χ1v) is 5.48. The fraction of sp³-hybridized carbons (Fsp3) is 0.333. The van der Waals surface area contributed by atoms with Crippen LogP contribution < -0.4 is 10.5 Å². The molecule has 0 spiro atoms. The van der Waals surface area contributed by atoms with Crippen LogP contribution in [0.2, 0.25) is 0 Å². The average Bonchev–Trinajstić information content (AvgIpc) is 2.78. The number of rotatable bonds is 4. The lowest BCUT2D eigenvalue weighted by Gasteiger charge is -2.07. The molecule has 0 aliphatic heterocycles. The minimum absolute atomic E-state index is 0.0959. The monoisotopic (exact) mass is 232 g/mol. The SMILES string of the molecule is COc1ccccc1Cn1cc(C(C)N)nn1. The molecule has 0 aliphatic rings. The van der Waals surface area contributed by atoms with Gasteiger partial charge in [0, 0.05) is 11.6 Å². The van der Waals surface area contributed by atoms with Crippen LogP contribution in [-0.4, -0.2) is 22.1 Å². The van der Waals surface area contributed by atoms with Crippen molar-refractivity contribution in [2.45, 2.75) is 19.5 Å². The number of benzene rings is 1. The molecule has 0 amide bonds. The first-order valence-electron chi connectivity index (χ1n) is 5.48. The highest BCUT2D eigenvalue weighted by Crippen LogP contribution is 2.18. The van der Waals surface area contributed by atoms with Gasteiger partial charge in [-0.15, -0.1) is 5.10 Å². The zero-order valence-electron chi connectivity index (χ0n) is 10.00. The van der Waals surface area contributed by atoms with Crippen molar-refractivity contribution in [3.8, 4) is 5.75 Å². The van der Waals surface area contributed by atoms with E-state index in [0.717, 1.165) is 17.0 Å². The molecule has 0 bridgehead atoms. The maximum atomic E-state index is 5.74. The molecule has 5 heteroatoms. The summed E-state index contributed by atoms with van der Waals surface area (Å²) < 4.78 is 7.05. The van der Waals surface area contributed by atoms with Crippen LogP contribution >= 0.6 is 0 Å². The second-order valence-electron chi connectivity index (χ2n) is 3.94. The maximum Gasteiger partial charge on any atom is 0.123 e. The third kappa shape index (κ3) is 2.62. The lowest BCUT2D eigenvalue weighted by atomic mass is 10.2. The first-order chi connectivity index (χ1) is 8.20. The number of aromatic nitrogens is 3. The molecular formula is C12H16N4O. The van der Waals surface area contributed by atoms with Gasteiger partial charge in [-0.2, -0.15) is 0 Å². The quantitative estimate of drug-likeness (QED) is 0.864. The van der Waals surface area contributed by atoms with E-state index in [9.17, 15) is 0 Å². The Morgan fingerprint density at radius 1 is 1.41 bits per heavy atom. The number of nitrogens with two attached hydrogens (primary N) is 1. The molecule has 0 aliphatic carbocycles. The van der Waals surface area contributed by atoms with E-state index in [1.165, 1.54) is 0 Å². The lowest BCUT2D eigenvalue weighted by molar-refractivity contribution is 0.407. The summed E-state index contributed by atoms with van der Waals surface area (Å²) in [6, 6.07) is 7.75. The number of para-hydroxylation sites is 1. The second-order valence-corrected chi connectivity index (χ2v) is 3.94. The number of nitrogens with zero attached hydrogens (tertiary/aromatic N) is 3. The molecule has 2 aromatic rings. The number of ether oxygens (including phenoxy) is 1. The van der Waals surface area contributed by atoms with E-state index < -0.39 is 0 Å². The van der Waals surface area contributed by atoms with Crippen LogP contribution in [0, 0.1) is 0 Å². The van der Waals surface area contributed by atoms with Gasteiger partial charge in [0.15, 0.2) is 0 Å². The van der Waals surface area contributed by atoms with Crippen molar-refractivity contribution in [3.63, 3.8) is 0 Å². The molecule has 90 valence electrons. The molecule has 1 aromatic heterocycles. The fourth-order valence-electron chi connectivity index (χ4n) is 1.61. The van der Waals surface area contributed by atoms with Crippen LogP contribution in [0.3, 0.4) is 0 Å². The van der Waals surface area contributed by atoms with E-state index in [2.05, 4.69) is 10.3 Å². The van der Waals surface area contributed by atoms with Crippen molar-refractivity contribution in [2.24, 2.45) is 5.73 Å². The predicted octanol–water partition coefficient (Wildman–Crippen LogP) is 1.35. The summed E-state index contributed by atoms with van der Waals surface area (Å²) in [6.07, 6.45) is 1.86. The summed E-state index contributed by atoms with van der Waals surface area (Å²) in [5.74, 6) is 0.852. The van der Waals surface area contributed by atoms with Gasteiger partial charge in [0.1, 0.15) is 5.75 Å². The maximum absolute atomic E-state index is 5.74. The van der Waals surface area contributed by atoms with Crippen molar-refractivity contribution in [1.29, 1.82) is 0 Å². The Morgan fingerprint density at radius 2 is 2.18 bits per heavy atom. The van der Waals surface area contributed by atoms with E-state index in [1.54, 1.807) is 11.8 Å². The Labute approximate surface area is 100 Å². The number of methoxy groups -OCH3 is 1. The lowest BCUT2D eigenvalue weighted by Crippen LogP contribution is -2.05. The van der Waals surface area contributed by atoms with Crippen LogP contribution in [0.15, 0.2) is 30.5 Å². The van der Waals surface area contributed by atoms with E-state index in [-0.39, 0.29) is 6.04 Å². The summed E-state index contributed by atoms with van der Waals surface area (Å²) in [4.78, 5) is 0. The normalized spacial score (nSPS) is 12.4. The molecular weight excluding hydrogens is 216 g/mol. The Bertz CT molecular complexity index is 493. The summed E-state index contributed by atoms with van der Waals surface area (Å²) in [5, 5.41) is 8.05. The third-order valence-electron chi connectivity index (χ3n) is 2.55. The molecule has 1 aromatic carbocycles. The smallest absolute Gasteiger partial charge is 0.123 e. The Kier molecular flexibility index (Phi) is 3.39. The Hall–Kier alpha value is -1.88. The zero-order chi connectivity index (χ0) is 12.3. The minimum Gasteiger partial charge on any atom is -0.496 e. The Morgan fingerprint density at radius 3 is 2.82 bits per heavy atom. The molecule has 17 heavy (non-hydrogen) atoms. The molecule has 0 saturated carbocycles. The van der Waals surface area contributed by atoms with Gasteiger partial charge in [-0.05, 0) is 13.0 Å². The van der Waals surface area contributed by atoms with Crippen molar-refractivity contribution in [1.82, 2.24) is 15.0 Å². The molecule has 2 N–H and O–H groups in total. The van der Waals surface area contributed by atoms with E-state index in [1.807, 2.05) is 37.4 Å². The molecule has 0 fully saturated rings. The summed E-state index contributed by atoms with van der Waals surface area (Å²) >= 11 is 0. The standard InChI is InChI=1S/C12H16N4O/c1-9(13)11-8-16(15-14-11)7-10-5-3-4-6-12(10)17-2/h3-6,8-9H,7,13H2,1-2H3. The van der Waals surface area contributed by atoms with Crippen molar-refractivity contribution in [3.05, 3.63) is 41.7 Å². The second kappa shape index (κ2) is 4.97. The summed E-state index contributed by atoms with van der Waals surface area (Å²) in [6.45, 7) is 2.52. The van der Waals surface area contributed by atoms with Crippen molar-refractivity contribution in [2.75, 3.05) is 7.11 Å². The zero-order valence-corrected chi connectivity index (χ0v) is 10.00. The van der Waals surface area contributed by atoms with Gasteiger partial charge in [0.2, 0.25) is 0 Å². The van der Waals surface area contributed by atoms with Gasteiger partial charge in [0.05, 0.1) is 25.5 Å². The van der Waals surface area contributed by atoms with Crippen LogP contribution in [0.5, 0.6) is 5.75 Å². The van der Waals surface area contributed by atoms with Gasteiger partial charge >= 0.3 is 0 Å². The Balaban J connectivity index is 2.19. The van der Waals surface area contributed by atoms with Gasteiger partial charge in [-0.25, -0.2) is 4.68 Å².